The zero-order valence-electron chi connectivity index (χ0n) is 9.07. The molecule has 1 heterocycles. The second-order valence-corrected chi connectivity index (χ2v) is 3.88. The molecule has 0 aliphatic carbocycles. The zero-order chi connectivity index (χ0) is 11.7. The van der Waals surface area contributed by atoms with Crippen LogP contribution in [0.4, 0.5) is 5.69 Å². The maximum absolute atomic E-state index is 6.04. The van der Waals surface area contributed by atoms with Gasteiger partial charge in [-0.3, -0.25) is 0 Å². The van der Waals surface area contributed by atoms with E-state index in [4.69, 9.17) is 22.1 Å². The summed E-state index contributed by atoms with van der Waals surface area (Å²) in [5, 5.41) is 0.526. The van der Waals surface area contributed by atoms with Crippen molar-refractivity contribution in [1.29, 1.82) is 0 Å². The summed E-state index contributed by atoms with van der Waals surface area (Å²) >= 11 is 6.04. The van der Waals surface area contributed by atoms with Crippen molar-refractivity contribution in [2.45, 2.75) is 6.92 Å². The van der Waals surface area contributed by atoms with Crippen molar-refractivity contribution in [2.24, 2.45) is 0 Å². The van der Waals surface area contributed by atoms with Crippen LogP contribution in [0.1, 0.15) is 5.69 Å². The van der Waals surface area contributed by atoms with Crippen LogP contribution >= 0.6 is 11.6 Å². The summed E-state index contributed by atoms with van der Waals surface area (Å²) in [5.74, 6) is 0.569. The summed E-state index contributed by atoms with van der Waals surface area (Å²) in [7, 11) is 1.56. The van der Waals surface area contributed by atoms with E-state index in [1.165, 1.54) is 0 Å². The van der Waals surface area contributed by atoms with E-state index in [1.54, 1.807) is 25.6 Å². The van der Waals surface area contributed by atoms with Gasteiger partial charge >= 0.3 is 0 Å². The second kappa shape index (κ2) is 4.06. The van der Waals surface area contributed by atoms with E-state index in [0.717, 1.165) is 11.4 Å². The Morgan fingerprint density at radius 3 is 2.75 bits per heavy atom. The van der Waals surface area contributed by atoms with E-state index in [-0.39, 0.29) is 0 Å². The van der Waals surface area contributed by atoms with E-state index in [9.17, 15) is 0 Å². The number of anilines is 1. The number of hydrogen-bond donors (Lipinski definition) is 1. The van der Waals surface area contributed by atoms with Crippen LogP contribution in [0.5, 0.6) is 5.75 Å². The Morgan fingerprint density at radius 1 is 1.44 bits per heavy atom. The van der Waals surface area contributed by atoms with Crippen molar-refractivity contribution < 1.29 is 4.74 Å². The van der Waals surface area contributed by atoms with Crippen LogP contribution in [0.15, 0.2) is 24.7 Å². The number of aryl methyl sites for hydroxylation is 1. The molecule has 0 fully saturated rings. The van der Waals surface area contributed by atoms with Gasteiger partial charge in [-0.15, -0.1) is 0 Å². The first-order chi connectivity index (χ1) is 7.61. The zero-order valence-corrected chi connectivity index (χ0v) is 9.82. The van der Waals surface area contributed by atoms with Crippen molar-refractivity contribution in [2.75, 3.05) is 12.8 Å². The lowest BCUT2D eigenvalue weighted by Crippen LogP contribution is -1.98. The Bertz CT molecular complexity index is 522. The van der Waals surface area contributed by atoms with Gasteiger partial charge < -0.3 is 15.0 Å². The standard InChI is InChI=1S/C11H12ClN3O/c1-7-5-15(6-14-7)10-3-8(12)11(16-2)4-9(10)13/h3-6H,13H2,1-2H3. The van der Waals surface area contributed by atoms with Gasteiger partial charge in [0.1, 0.15) is 5.75 Å². The van der Waals surface area contributed by atoms with E-state index >= 15 is 0 Å². The number of halogens is 1. The van der Waals surface area contributed by atoms with Crippen molar-refractivity contribution >= 4 is 17.3 Å². The van der Waals surface area contributed by atoms with Gasteiger partial charge in [-0.2, -0.15) is 0 Å². The first-order valence-electron chi connectivity index (χ1n) is 4.76. The molecule has 2 rings (SSSR count). The summed E-state index contributed by atoms with van der Waals surface area (Å²) in [6.45, 7) is 1.91. The van der Waals surface area contributed by atoms with Gasteiger partial charge in [0.25, 0.3) is 0 Å². The summed E-state index contributed by atoms with van der Waals surface area (Å²) in [4.78, 5) is 4.14. The molecule has 84 valence electrons. The number of nitrogen functional groups attached to an aromatic ring is 1. The number of imidazole rings is 1. The van der Waals surface area contributed by atoms with Gasteiger partial charge in [-0.25, -0.2) is 4.98 Å². The van der Waals surface area contributed by atoms with Crippen LogP contribution in [0.3, 0.4) is 0 Å². The Morgan fingerprint density at radius 2 is 2.19 bits per heavy atom. The minimum Gasteiger partial charge on any atom is -0.495 e. The first-order valence-corrected chi connectivity index (χ1v) is 5.13. The number of nitrogens with zero attached hydrogens (tertiary/aromatic N) is 2. The molecule has 1 aromatic carbocycles. The highest BCUT2D eigenvalue weighted by Crippen LogP contribution is 2.31. The summed E-state index contributed by atoms with van der Waals surface area (Å²) in [6, 6.07) is 3.46. The van der Waals surface area contributed by atoms with Crippen molar-refractivity contribution in [1.82, 2.24) is 9.55 Å². The largest absolute Gasteiger partial charge is 0.495 e. The molecule has 1 aromatic heterocycles. The number of benzene rings is 1. The minimum atomic E-state index is 0.526. The summed E-state index contributed by atoms with van der Waals surface area (Å²) in [5.41, 5.74) is 8.24. The highest BCUT2D eigenvalue weighted by molar-refractivity contribution is 6.32. The fourth-order valence-corrected chi connectivity index (χ4v) is 1.73. The number of aromatic nitrogens is 2. The molecule has 0 unspecified atom stereocenters. The van der Waals surface area contributed by atoms with Crippen LogP contribution in [-0.4, -0.2) is 16.7 Å². The molecular weight excluding hydrogens is 226 g/mol. The molecule has 16 heavy (non-hydrogen) atoms. The van der Waals surface area contributed by atoms with E-state index in [2.05, 4.69) is 4.98 Å². The Hall–Kier alpha value is -1.68. The molecule has 4 nitrogen and oxygen atoms in total. The van der Waals surface area contributed by atoms with Gasteiger partial charge in [0.15, 0.2) is 0 Å². The second-order valence-electron chi connectivity index (χ2n) is 3.47. The molecule has 0 aliphatic rings. The van der Waals surface area contributed by atoms with E-state index in [0.29, 0.717) is 16.5 Å². The topological polar surface area (TPSA) is 53.1 Å². The van der Waals surface area contributed by atoms with Crippen LogP contribution in [0, 0.1) is 6.92 Å². The van der Waals surface area contributed by atoms with Crippen LogP contribution in [0.25, 0.3) is 5.69 Å². The van der Waals surface area contributed by atoms with Crippen molar-refractivity contribution in [3.63, 3.8) is 0 Å². The first kappa shape index (κ1) is 10.8. The molecule has 2 aromatic rings. The molecule has 5 heteroatoms. The maximum atomic E-state index is 6.04. The van der Waals surface area contributed by atoms with Crippen LogP contribution in [0.2, 0.25) is 5.02 Å². The predicted molar refractivity (Wildman–Crippen MR) is 64.3 cm³/mol. The molecule has 0 spiro atoms. The number of nitrogens with two attached hydrogens (primary N) is 1. The number of methoxy groups -OCH3 is 1. The summed E-state index contributed by atoms with van der Waals surface area (Å²) in [6.07, 6.45) is 3.58. The van der Waals surface area contributed by atoms with Crippen molar-refractivity contribution in [3.8, 4) is 11.4 Å². The van der Waals surface area contributed by atoms with E-state index < -0.39 is 0 Å². The predicted octanol–water partition coefficient (Wildman–Crippen LogP) is 2.42. The summed E-state index contributed by atoms with van der Waals surface area (Å²) < 4.78 is 6.91. The average molecular weight is 238 g/mol. The average Bonchev–Trinajstić information content (AvgIpc) is 2.67. The molecule has 0 aliphatic heterocycles. The molecule has 0 saturated carbocycles. The van der Waals surface area contributed by atoms with Crippen LogP contribution in [-0.2, 0) is 0 Å². The SMILES string of the molecule is COc1cc(N)c(-n2cnc(C)c2)cc1Cl. The third kappa shape index (κ3) is 1.84. The number of hydrogen-bond acceptors (Lipinski definition) is 3. The maximum Gasteiger partial charge on any atom is 0.139 e. The van der Waals surface area contributed by atoms with Gasteiger partial charge in [-0.1, -0.05) is 11.6 Å². The lowest BCUT2D eigenvalue weighted by molar-refractivity contribution is 0.415. The molecule has 2 N–H and O–H groups in total. The highest BCUT2D eigenvalue weighted by atomic mass is 35.5. The van der Waals surface area contributed by atoms with Crippen molar-refractivity contribution in [3.05, 3.63) is 35.4 Å². The Kier molecular flexibility index (Phi) is 2.75. The normalized spacial score (nSPS) is 10.4. The van der Waals surface area contributed by atoms with Gasteiger partial charge in [0.2, 0.25) is 0 Å². The van der Waals surface area contributed by atoms with Gasteiger partial charge in [-0.05, 0) is 13.0 Å². The molecular formula is C11H12ClN3O. The van der Waals surface area contributed by atoms with Crippen LogP contribution < -0.4 is 10.5 Å². The quantitative estimate of drug-likeness (QED) is 0.817. The minimum absolute atomic E-state index is 0.526. The monoisotopic (exact) mass is 237 g/mol. The third-order valence-electron chi connectivity index (χ3n) is 2.29. The molecule has 0 atom stereocenters. The highest BCUT2D eigenvalue weighted by Gasteiger charge is 2.08. The molecule has 0 radical (unpaired) electrons. The Balaban J connectivity index is 2.54. The van der Waals surface area contributed by atoms with Gasteiger partial charge in [0, 0.05) is 12.3 Å². The molecule has 0 amide bonds. The smallest absolute Gasteiger partial charge is 0.139 e. The fraction of sp³-hybridized carbons (Fsp3) is 0.182. The lowest BCUT2D eigenvalue weighted by Gasteiger charge is -2.10. The molecule has 0 saturated heterocycles. The van der Waals surface area contributed by atoms with Gasteiger partial charge in [0.05, 0.1) is 35.5 Å². The molecule has 0 bridgehead atoms. The number of rotatable bonds is 2. The Labute approximate surface area is 98.6 Å². The van der Waals surface area contributed by atoms with E-state index in [1.807, 2.05) is 17.7 Å². The lowest BCUT2D eigenvalue weighted by atomic mass is 10.2. The third-order valence-corrected chi connectivity index (χ3v) is 2.59. The number of ether oxygens (including phenoxy) is 1. The fourth-order valence-electron chi connectivity index (χ4n) is 1.49.